The maximum absolute atomic E-state index is 13.1. The van der Waals surface area contributed by atoms with Crippen LogP contribution in [0.25, 0.3) is 10.9 Å². The van der Waals surface area contributed by atoms with E-state index in [4.69, 9.17) is 4.74 Å². The molecule has 0 aliphatic carbocycles. The fourth-order valence-corrected chi connectivity index (χ4v) is 4.43. The number of ether oxygens (including phenoxy) is 1. The molecular weight excluding hydrogens is 440 g/mol. The quantitative estimate of drug-likeness (QED) is 0.397. The van der Waals surface area contributed by atoms with Gasteiger partial charge in [-0.05, 0) is 85.8 Å². The fraction of sp³-hybridized carbons (Fsp3) is 0.407. The lowest BCUT2D eigenvalue weighted by atomic mass is 10.0. The number of aryl methyl sites for hydroxylation is 1. The van der Waals surface area contributed by atoms with E-state index in [1.807, 2.05) is 35.0 Å². The predicted octanol–water partition coefficient (Wildman–Crippen LogP) is 4.74. The van der Waals surface area contributed by atoms with Crippen LogP contribution < -0.4 is 10.3 Å². The Bertz CT molecular complexity index is 1350. The second-order valence-electron chi connectivity index (χ2n) is 10.0. The van der Waals surface area contributed by atoms with Crippen molar-refractivity contribution in [2.24, 2.45) is 0 Å². The van der Waals surface area contributed by atoms with Gasteiger partial charge in [0.25, 0.3) is 5.56 Å². The van der Waals surface area contributed by atoms with Crippen LogP contribution in [0, 0.1) is 6.92 Å². The number of tetrazole rings is 1. The van der Waals surface area contributed by atoms with Crippen LogP contribution in [-0.2, 0) is 18.6 Å². The Kier molecular flexibility index (Phi) is 7.03. The van der Waals surface area contributed by atoms with Gasteiger partial charge in [-0.25, -0.2) is 4.68 Å². The number of nitrogens with one attached hydrogen (secondary N) is 1. The summed E-state index contributed by atoms with van der Waals surface area (Å²) in [6, 6.07) is 16.0. The van der Waals surface area contributed by atoms with Crippen molar-refractivity contribution in [2.75, 3.05) is 7.11 Å². The number of rotatable bonds is 8. The van der Waals surface area contributed by atoms with E-state index >= 15 is 0 Å². The fourth-order valence-electron chi connectivity index (χ4n) is 4.43. The lowest BCUT2D eigenvalue weighted by molar-refractivity contribution is 0.153. The number of hydrogen-bond donors (Lipinski definition) is 1. The summed E-state index contributed by atoms with van der Waals surface area (Å²) in [7, 11) is 1.66. The van der Waals surface area contributed by atoms with E-state index in [-0.39, 0.29) is 17.1 Å². The summed E-state index contributed by atoms with van der Waals surface area (Å²) in [5.41, 5.74) is 3.48. The van der Waals surface area contributed by atoms with E-state index in [0.717, 1.165) is 40.0 Å². The van der Waals surface area contributed by atoms with Crippen LogP contribution in [-0.4, -0.2) is 37.2 Å². The van der Waals surface area contributed by atoms with Crippen LogP contribution in [0.15, 0.2) is 53.3 Å². The molecule has 0 aliphatic rings. The topological polar surface area (TPSA) is 88.9 Å². The molecule has 2 heterocycles. The van der Waals surface area contributed by atoms with Gasteiger partial charge in [0.15, 0.2) is 5.82 Å². The number of hydrogen-bond acceptors (Lipinski definition) is 6. The molecule has 0 aliphatic heterocycles. The first kappa shape index (κ1) is 24.6. The average molecular weight is 475 g/mol. The highest BCUT2D eigenvalue weighted by molar-refractivity contribution is 5.79. The summed E-state index contributed by atoms with van der Waals surface area (Å²) >= 11 is 0. The molecule has 1 atom stereocenters. The maximum Gasteiger partial charge on any atom is 0.252 e. The number of aromatic amines is 1. The lowest BCUT2D eigenvalue weighted by Gasteiger charge is -2.32. The van der Waals surface area contributed by atoms with Gasteiger partial charge in [0.1, 0.15) is 5.75 Å². The zero-order valence-corrected chi connectivity index (χ0v) is 21.4. The maximum atomic E-state index is 13.1. The summed E-state index contributed by atoms with van der Waals surface area (Å²) in [5.74, 6) is 1.60. The molecule has 4 aromatic rings. The molecule has 0 spiro atoms. The Balaban J connectivity index is 1.76. The third-order valence-electron chi connectivity index (χ3n) is 6.25. The zero-order valence-electron chi connectivity index (χ0n) is 21.4. The van der Waals surface area contributed by atoms with Gasteiger partial charge in [-0.3, -0.25) is 9.69 Å². The largest absolute Gasteiger partial charge is 0.497 e. The van der Waals surface area contributed by atoms with E-state index < -0.39 is 0 Å². The van der Waals surface area contributed by atoms with E-state index in [9.17, 15) is 4.79 Å². The number of aromatic nitrogens is 5. The van der Waals surface area contributed by atoms with Crippen LogP contribution in [0.1, 0.15) is 62.7 Å². The van der Waals surface area contributed by atoms with Crippen LogP contribution >= 0.6 is 0 Å². The molecule has 1 unspecified atom stereocenters. The summed E-state index contributed by atoms with van der Waals surface area (Å²) in [5, 5.41) is 13.7. The van der Waals surface area contributed by atoms with E-state index in [1.54, 1.807) is 7.11 Å². The first-order valence-electron chi connectivity index (χ1n) is 12.0. The third-order valence-corrected chi connectivity index (χ3v) is 6.25. The Morgan fingerprint density at radius 3 is 2.49 bits per heavy atom. The average Bonchev–Trinajstić information content (AvgIpc) is 3.31. The molecule has 0 bridgehead atoms. The van der Waals surface area contributed by atoms with Crippen molar-refractivity contribution in [2.45, 2.75) is 65.7 Å². The third kappa shape index (κ3) is 5.43. The van der Waals surface area contributed by atoms with Gasteiger partial charge in [-0.2, -0.15) is 0 Å². The minimum atomic E-state index is -0.268. The second kappa shape index (κ2) is 10.00. The second-order valence-corrected chi connectivity index (χ2v) is 10.0. The first-order valence-corrected chi connectivity index (χ1v) is 12.0. The van der Waals surface area contributed by atoms with Crippen molar-refractivity contribution in [3.8, 4) is 5.75 Å². The van der Waals surface area contributed by atoms with Gasteiger partial charge >= 0.3 is 0 Å². The number of benzene rings is 2. The molecule has 0 amide bonds. The molecule has 0 radical (unpaired) electrons. The normalized spacial score (nSPS) is 12.9. The minimum Gasteiger partial charge on any atom is -0.497 e. The number of fused-ring (bicyclic) bond motifs is 1. The molecular formula is C27H34N6O2. The molecule has 4 rings (SSSR count). The molecule has 0 fully saturated rings. The summed E-state index contributed by atoms with van der Waals surface area (Å²) < 4.78 is 7.21. The predicted molar refractivity (Wildman–Crippen MR) is 137 cm³/mol. The molecule has 1 N–H and O–H groups in total. The molecule has 0 saturated heterocycles. The molecule has 184 valence electrons. The Hall–Kier alpha value is -3.52. The Labute approximate surface area is 205 Å². The van der Waals surface area contributed by atoms with Gasteiger partial charge in [-0.15, -0.1) is 5.10 Å². The molecule has 0 saturated carbocycles. The first-order chi connectivity index (χ1) is 16.7. The zero-order chi connectivity index (χ0) is 25.2. The van der Waals surface area contributed by atoms with Gasteiger partial charge in [0, 0.05) is 24.2 Å². The molecule has 2 aromatic carbocycles. The highest BCUT2D eigenvalue weighted by Crippen LogP contribution is 2.29. The van der Waals surface area contributed by atoms with Crippen LogP contribution in [0.2, 0.25) is 0 Å². The van der Waals surface area contributed by atoms with Crippen LogP contribution in [0.3, 0.4) is 0 Å². The van der Waals surface area contributed by atoms with Crippen molar-refractivity contribution >= 4 is 10.9 Å². The SMILES string of the molecule is CCC(c1nnnn1C(C)(C)C)N(Cc1ccc(OC)cc1)Cc1cc2cc(C)ccc2[nH]c1=O. The number of nitrogens with zero attached hydrogens (tertiary/aromatic N) is 5. The summed E-state index contributed by atoms with van der Waals surface area (Å²) in [4.78, 5) is 18.4. The van der Waals surface area contributed by atoms with Crippen molar-refractivity contribution in [1.29, 1.82) is 0 Å². The van der Waals surface area contributed by atoms with Crippen LogP contribution in [0.4, 0.5) is 0 Å². The Morgan fingerprint density at radius 2 is 1.83 bits per heavy atom. The van der Waals surface area contributed by atoms with E-state index in [0.29, 0.717) is 18.7 Å². The minimum absolute atomic E-state index is 0.0775. The van der Waals surface area contributed by atoms with Crippen LogP contribution in [0.5, 0.6) is 5.75 Å². The smallest absolute Gasteiger partial charge is 0.252 e. The summed E-state index contributed by atoms with van der Waals surface area (Å²) in [6.45, 7) is 11.5. The van der Waals surface area contributed by atoms with E-state index in [1.165, 1.54) is 0 Å². The number of methoxy groups -OCH3 is 1. The number of pyridine rings is 1. The highest BCUT2D eigenvalue weighted by atomic mass is 16.5. The van der Waals surface area contributed by atoms with Crippen molar-refractivity contribution in [1.82, 2.24) is 30.1 Å². The van der Waals surface area contributed by atoms with Crippen molar-refractivity contribution in [3.63, 3.8) is 0 Å². The number of H-pyrrole nitrogens is 1. The van der Waals surface area contributed by atoms with E-state index in [2.05, 4.69) is 78.2 Å². The lowest BCUT2D eigenvalue weighted by Crippen LogP contribution is -2.35. The summed E-state index contributed by atoms with van der Waals surface area (Å²) in [6.07, 6.45) is 0.789. The molecule has 35 heavy (non-hydrogen) atoms. The van der Waals surface area contributed by atoms with Gasteiger partial charge in [0.2, 0.25) is 0 Å². The molecule has 2 aromatic heterocycles. The molecule has 8 heteroatoms. The van der Waals surface area contributed by atoms with Crippen molar-refractivity contribution < 1.29 is 4.74 Å². The van der Waals surface area contributed by atoms with Gasteiger partial charge in [0.05, 0.1) is 18.7 Å². The van der Waals surface area contributed by atoms with Gasteiger partial charge in [-0.1, -0.05) is 30.7 Å². The standard InChI is InChI=1S/C27H34N6O2/c1-7-24(25-29-30-31-33(25)27(3,4)5)32(16-19-9-11-22(35-6)12-10-19)17-21-15-20-14-18(2)8-13-23(20)28-26(21)34/h8-15,24H,7,16-17H2,1-6H3,(H,28,34). The van der Waals surface area contributed by atoms with Gasteiger partial charge < -0.3 is 9.72 Å². The Morgan fingerprint density at radius 1 is 1.09 bits per heavy atom. The monoisotopic (exact) mass is 474 g/mol. The molecule has 8 nitrogen and oxygen atoms in total. The highest BCUT2D eigenvalue weighted by Gasteiger charge is 2.29. The van der Waals surface area contributed by atoms with Crippen molar-refractivity contribution in [3.05, 3.63) is 81.4 Å².